The van der Waals surface area contributed by atoms with E-state index < -0.39 is 34.6 Å². The topological polar surface area (TPSA) is 108 Å². The monoisotopic (exact) mass is 479 g/mol. The molecule has 3 saturated heterocycles. The highest BCUT2D eigenvalue weighted by Gasteiger charge is 2.77. The summed E-state index contributed by atoms with van der Waals surface area (Å²) in [5.74, 6) is -1.78. The molecule has 5 atom stereocenters. The van der Waals surface area contributed by atoms with E-state index >= 15 is 0 Å². The molecule has 3 N–H and O–H groups in total. The van der Waals surface area contributed by atoms with Gasteiger partial charge in [-0.05, 0) is 58.3 Å². The van der Waals surface area contributed by atoms with Gasteiger partial charge in [0.25, 0.3) is 0 Å². The van der Waals surface area contributed by atoms with Crippen LogP contribution in [0.15, 0.2) is 0 Å². The Morgan fingerprint density at radius 2 is 1.74 bits per heavy atom. The molecule has 0 aromatic rings. The molecule has 194 valence electrons. The minimum atomic E-state index is -0.976. The zero-order chi connectivity index (χ0) is 25.5. The van der Waals surface area contributed by atoms with E-state index in [1.165, 1.54) is 0 Å². The number of aliphatic hydroxyl groups excluding tert-OH is 1. The normalized spacial score (nSPS) is 32.8. The van der Waals surface area contributed by atoms with Crippen molar-refractivity contribution in [1.29, 1.82) is 0 Å². The van der Waals surface area contributed by atoms with Gasteiger partial charge >= 0.3 is 0 Å². The minimum absolute atomic E-state index is 0.0234. The van der Waals surface area contributed by atoms with Crippen molar-refractivity contribution < 1.29 is 24.2 Å². The fourth-order valence-corrected chi connectivity index (χ4v) is 7.04. The molecular formula is C26H45N3O5. The zero-order valence-electron chi connectivity index (χ0n) is 22.1. The molecule has 0 saturated carbocycles. The summed E-state index contributed by atoms with van der Waals surface area (Å²) in [6.07, 6.45) is 5.22. The average molecular weight is 480 g/mol. The van der Waals surface area contributed by atoms with E-state index in [0.29, 0.717) is 19.4 Å². The summed E-state index contributed by atoms with van der Waals surface area (Å²) in [5, 5.41) is 15.0. The fraction of sp³-hybridized carbons (Fsp3) is 0.885. The number of carbonyl (C=O) groups is 3. The lowest BCUT2D eigenvalue weighted by molar-refractivity contribution is -0.147. The van der Waals surface area contributed by atoms with Crippen molar-refractivity contribution in [3.8, 4) is 0 Å². The summed E-state index contributed by atoms with van der Waals surface area (Å²) in [5.41, 5.74) is -2.15. The molecule has 8 heteroatoms. The van der Waals surface area contributed by atoms with Gasteiger partial charge in [-0.3, -0.25) is 14.4 Å². The third-order valence-corrected chi connectivity index (χ3v) is 7.79. The van der Waals surface area contributed by atoms with Crippen molar-refractivity contribution in [1.82, 2.24) is 15.5 Å². The van der Waals surface area contributed by atoms with Crippen molar-refractivity contribution in [2.45, 2.75) is 109 Å². The molecule has 3 heterocycles. The number of likely N-dealkylation sites (tertiary alicyclic amines) is 1. The number of rotatable bonds is 10. The van der Waals surface area contributed by atoms with Gasteiger partial charge in [0.15, 0.2) is 0 Å². The van der Waals surface area contributed by atoms with E-state index in [1.807, 2.05) is 20.8 Å². The van der Waals surface area contributed by atoms with Gasteiger partial charge in [-0.2, -0.15) is 0 Å². The van der Waals surface area contributed by atoms with Crippen LogP contribution in [0.1, 0.15) is 86.5 Å². The summed E-state index contributed by atoms with van der Waals surface area (Å²) in [6, 6.07) is -0.751. The molecule has 0 radical (unpaired) electrons. The number of fused-ring (bicyclic) bond motifs is 1. The maximum atomic E-state index is 13.9. The number of hydrogen-bond acceptors (Lipinski definition) is 5. The lowest BCUT2D eigenvalue weighted by Crippen LogP contribution is -2.59. The first-order chi connectivity index (χ1) is 15.7. The van der Waals surface area contributed by atoms with Gasteiger partial charge in [0.1, 0.15) is 11.6 Å². The number of nitrogens with one attached hydrogen (secondary N) is 2. The van der Waals surface area contributed by atoms with Crippen molar-refractivity contribution in [2.75, 3.05) is 20.2 Å². The molecule has 2 unspecified atom stereocenters. The summed E-state index contributed by atoms with van der Waals surface area (Å²) in [4.78, 5) is 42.3. The number of amides is 3. The quantitative estimate of drug-likeness (QED) is 0.417. The minimum Gasteiger partial charge on any atom is -0.396 e. The summed E-state index contributed by atoms with van der Waals surface area (Å²) in [6.45, 7) is 13.0. The Labute approximate surface area is 204 Å². The lowest BCUT2D eigenvalue weighted by Gasteiger charge is -2.38. The lowest BCUT2D eigenvalue weighted by atomic mass is 9.66. The van der Waals surface area contributed by atoms with E-state index in [1.54, 1.807) is 11.9 Å². The molecule has 3 aliphatic rings. The predicted octanol–water partition coefficient (Wildman–Crippen LogP) is 2.38. The molecule has 34 heavy (non-hydrogen) atoms. The van der Waals surface area contributed by atoms with Gasteiger partial charge in [0, 0.05) is 25.7 Å². The van der Waals surface area contributed by atoms with Crippen molar-refractivity contribution in [3.05, 3.63) is 0 Å². The van der Waals surface area contributed by atoms with E-state index in [2.05, 4.69) is 31.4 Å². The second-order valence-electron chi connectivity index (χ2n) is 12.6. The van der Waals surface area contributed by atoms with Gasteiger partial charge in [0.2, 0.25) is 17.7 Å². The number of ether oxygens (including phenoxy) is 1. The van der Waals surface area contributed by atoms with E-state index in [4.69, 9.17) is 9.84 Å². The van der Waals surface area contributed by atoms with Gasteiger partial charge in [-0.1, -0.05) is 33.6 Å². The summed E-state index contributed by atoms with van der Waals surface area (Å²) >= 11 is 0. The summed E-state index contributed by atoms with van der Waals surface area (Å²) < 4.78 is 6.58. The van der Waals surface area contributed by atoms with Gasteiger partial charge in [-0.15, -0.1) is 0 Å². The molecule has 3 fully saturated rings. The van der Waals surface area contributed by atoms with Gasteiger partial charge in [-0.25, -0.2) is 0 Å². The molecule has 3 rings (SSSR count). The largest absolute Gasteiger partial charge is 0.396 e. The fourth-order valence-electron chi connectivity index (χ4n) is 7.04. The molecule has 8 nitrogen and oxygen atoms in total. The predicted molar refractivity (Wildman–Crippen MR) is 130 cm³/mol. The van der Waals surface area contributed by atoms with Crippen LogP contribution in [0.4, 0.5) is 0 Å². The van der Waals surface area contributed by atoms with Crippen LogP contribution in [0.25, 0.3) is 0 Å². The van der Waals surface area contributed by atoms with E-state index in [9.17, 15) is 14.4 Å². The standard InChI is InChI=1S/C26H45N3O5/c1-23(2,3)16-24(4,5)28-21(32)19-26-13-12-25(6,34-26)17(20(31)27-7)18(26)22(33)29(19)14-10-8-9-11-15-30/h17-19,30H,8-16H2,1-7H3,(H,27,31)(H,28,32)/t17-,18-,19?,25+,26?/m0/s1. The number of aliphatic hydroxyl groups is 1. The Bertz CT molecular complexity index is 807. The highest BCUT2D eigenvalue weighted by atomic mass is 16.5. The number of carbonyl (C=O) groups excluding carboxylic acids is 3. The first-order valence-electron chi connectivity index (χ1n) is 12.9. The van der Waals surface area contributed by atoms with Crippen LogP contribution < -0.4 is 10.6 Å². The highest BCUT2D eigenvalue weighted by Crippen LogP contribution is 2.63. The van der Waals surface area contributed by atoms with Crippen LogP contribution in [0.2, 0.25) is 0 Å². The van der Waals surface area contributed by atoms with Crippen LogP contribution in [0, 0.1) is 17.3 Å². The Balaban J connectivity index is 1.92. The first kappa shape index (κ1) is 26.9. The van der Waals surface area contributed by atoms with Crippen molar-refractivity contribution >= 4 is 17.7 Å². The molecule has 1 spiro atoms. The molecule has 0 aromatic heterocycles. The molecular weight excluding hydrogens is 434 g/mol. The Hall–Kier alpha value is -1.67. The van der Waals surface area contributed by atoms with Crippen LogP contribution >= 0.6 is 0 Å². The molecule has 0 aromatic carbocycles. The van der Waals surface area contributed by atoms with Crippen molar-refractivity contribution in [2.24, 2.45) is 17.3 Å². The summed E-state index contributed by atoms with van der Waals surface area (Å²) in [7, 11) is 1.59. The van der Waals surface area contributed by atoms with E-state index in [-0.39, 0.29) is 29.7 Å². The molecule has 3 amide bonds. The maximum absolute atomic E-state index is 13.9. The Kier molecular flexibility index (Phi) is 7.46. The van der Waals surface area contributed by atoms with Crippen molar-refractivity contribution in [3.63, 3.8) is 0 Å². The highest BCUT2D eigenvalue weighted by molar-refractivity contribution is 5.99. The van der Waals surface area contributed by atoms with Crippen LogP contribution in [0.3, 0.4) is 0 Å². The van der Waals surface area contributed by atoms with Crippen LogP contribution in [-0.2, 0) is 19.1 Å². The molecule has 0 aliphatic carbocycles. The van der Waals surface area contributed by atoms with E-state index in [0.717, 1.165) is 32.1 Å². The smallest absolute Gasteiger partial charge is 0.246 e. The van der Waals surface area contributed by atoms with Crippen LogP contribution in [0.5, 0.6) is 0 Å². The average Bonchev–Trinajstić information content (AvgIpc) is 3.26. The number of unbranched alkanes of at least 4 members (excludes halogenated alkanes) is 3. The van der Waals surface area contributed by atoms with Crippen LogP contribution in [-0.4, -0.2) is 70.7 Å². The SMILES string of the molecule is CNC(=O)[C@@H]1[C@H]2C(=O)N(CCCCCCO)C(C(=O)NC(C)(C)CC(C)(C)C)C23CC[C@@]1(C)O3. The Morgan fingerprint density at radius 3 is 2.32 bits per heavy atom. The Morgan fingerprint density at radius 1 is 1.09 bits per heavy atom. The van der Waals surface area contributed by atoms with Gasteiger partial charge in [0.05, 0.1) is 17.4 Å². The third kappa shape index (κ3) is 4.85. The first-order valence-corrected chi connectivity index (χ1v) is 12.9. The van der Waals surface area contributed by atoms with Gasteiger partial charge < -0.3 is 25.4 Å². The molecule has 3 aliphatic heterocycles. The molecule has 2 bridgehead atoms. The third-order valence-electron chi connectivity index (χ3n) is 7.79. The second kappa shape index (κ2) is 9.41. The zero-order valence-corrected chi connectivity index (χ0v) is 22.1. The second-order valence-corrected chi connectivity index (χ2v) is 12.6. The number of nitrogens with zero attached hydrogens (tertiary/aromatic N) is 1. The maximum Gasteiger partial charge on any atom is 0.246 e. The number of hydrogen-bond donors (Lipinski definition) is 3.